The monoisotopic (exact) mass is 230 g/mol. The Hall–Kier alpha value is -1.33. The summed E-state index contributed by atoms with van der Waals surface area (Å²) in [6, 6.07) is 12.8. The maximum absolute atomic E-state index is 8.88. The number of rotatable bonds is 7. The van der Waals surface area contributed by atoms with Gasteiger partial charge in [-0.25, -0.2) is 0 Å². The van der Waals surface area contributed by atoms with Gasteiger partial charge in [-0.1, -0.05) is 36.8 Å². The summed E-state index contributed by atoms with van der Waals surface area (Å²) in [6.07, 6.45) is 3.23. The smallest absolute Gasteiger partial charge is 0.0683 e. The number of hydrogen-bond acceptors (Lipinski definition) is 2. The van der Waals surface area contributed by atoms with Gasteiger partial charge in [0.05, 0.1) is 11.5 Å². The van der Waals surface area contributed by atoms with Crippen molar-refractivity contribution < 1.29 is 0 Å². The Bertz CT molecular complexity index is 349. The standard InChI is InChI=1S/C15H22N2/c1-15(2,13-16)10-6-7-11-17-12-14-8-4-3-5-9-14/h3-5,8-9,17H,6-7,10-12H2,1-2H3. The molecule has 2 nitrogen and oxygen atoms in total. The van der Waals surface area contributed by atoms with E-state index < -0.39 is 0 Å². The molecule has 1 N–H and O–H groups in total. The summed E-state index contributed by atoms with van der Waals surface area (Å²) >= 11 is 0. The second-order valence-electron chi connectivity index (χ2n) is 5.12. The first-order valence-electron chi connectivity index (χ1n) is 6.30. The normalized spacial score (nSPS) is 11.1. The number of nitrogens with zero attached hydrogens (tertiary/aromatic N) is 1. The molecular formula is C15H22N2. The first kappa shape index (κ1) is 13.7. The summed E-state index contributed by atoms with van der Waals surface area (Å²) in [4.78, 5) is 0. The largest absolute Gasteiger partial charge is 0.313 e. The van der Waals surface area contributed by atoms with Crippen LogP contribution >= 0.6 is 0 Å². The van der Waals surface area contributed by atoms with Crippen LogP contribution in [0.25, 0.3) is 0 Å². The molecule has 2 heteroatoms. The summed E-state index contributed by atoms with van der Waals surface area (Å²) in [5, 5.41) is 12.3. The summed E-state index contributed by atoms with van der Waals surface area (Å²) in [7, 11) is 0. The summed E-state index contributed by atoms with van der Waals surface area (Å²) in [5.41, 5.74) is 1.16. The molecule has 0 amide bonds. The molecule has 0 aliphatic heterocycles. The number of unbranched alkanes of at least 4 members (excludes halogenated alkanes) is 1. The van der Waals surface area contributed by atoms with E-state index in [9.17, 15) is 0 Å². The van der Waals surface area contributed by atoms with E-state index in [1.165, 1.54) is 5.56 Å². The topological polar surface area (TPSA) is 35.8 Å². The van der Waals surface area contributed by atoms with Crippen LogP contribution in [-0.4, -0.2) is 6.54 Å². The summed E-state index contributed by atoms with van der Waals surface area (Å²) in [5.74, 6) is 0. The molecule has 0 bridgehead atoms. The number of hydrogen-bond donors (Lipinski definition) is 1. The highest BCUT2D eigenvalue weighted by Crippen LogP contribution is 2.21. The Morgan fingerprint density at radius 3 is 2.53 bits per heavy atom. The molecule has 0 spiro atoms. The molecule has 0 unspecified atom stereocenters. The zero-order chi connectivity index (χ0) is 12.6. The Labute approximate surface area is 105 Å². The average molecular weight is 230 g/mol. The van der Waals surface area contributed by atoms with Crippen LogP contribution in [0.15, 0.2) is 30.3 Å². The maximum Gasteiger partial charge on any atom is 0.0683 e. The predicted octanol–water partition coefficient (Wildman–Crippen LogP) is 3.50. The van der Waals surface area contributed by atoms with Crippen LogP contribution in [0.3, 0.4) is 0 Å². The maximum atomic E-state index is 8.88. The molecular weight excluding hydrogens is 208 g/mol. The fraction of sp³-hybridized carbons (Fsp3) is 0.533. The van der Waals surface area contributed by atoms with Crippen LogP contribution in [0.5, 0.6) is 0 Å². The van der Waals surface area contributed by atoms with E-state index in [0.717, 1.165) is 32.4 Å². The molecule has 0 heterocycles. The van der Waals surface area contributed by atoms with Gasteiger partial charge in [0.1, 0.15) is 0 Å². The molecule has 0 radical (unpaired) electrons. The molecule has 0 aliphatic carbocycles. The molecule has 1 aromatic rings. The second-order valence-corrected chi connectivity index (χ2v) is 5.12. The fourth-order valence-corrected chi connectivity index (χ4v) is 1.70. The van der Waals surface area contributed by atoms with Crippen molar-refractivity contribution in [2.75, 3.05) is 6.54 Å². The van der Waals surface area contributed by atoms with Gasteiger partial charge >= 0.3 is 0 Å². The lowest BCUT2D eigenvalue weighted by atomic mass is 9.89. The minimum absolute atomic E-state index is 0.167. The Morgan fingerprint density at radius 2 is 1.88 bits per heavy atom. The van der Waals surface area contributed by atoms with Gasteiger partial charge in [-0.05, 0) is 38.8 Å². The van der Waals surface area contributed by atoms with Crippen molar-refractivity contribution >= 4 is 0 Å². The van der Waals surface area contributed by atoms with Gasteiger partial charge in [0.15, 0.2) is 0 Å². The van der Waals surface area contributed by atoms with E-state index in [0.29, 0.717) is 0 Å². The third kappa shape index (κ3) is 6.09. The van der Waals surface area contributed by atoms with E-state index >= 15 is 0 Å². The van der Waals surface area contributed by atoms with Crippen LogP contribution in [-0.2, 0) is 6.54 Å². The van der Waals surface area contributed by atoms with Crippen molar-refractivity contribution in [3.63, 3.8) is 0 Å². The van der Waals surface area contributed by atoms with E-state index in [1.54, 1.807) is 0 Å². The van der Waals surface area contributed by atoms with Crippen molar-refractivity contribution in [2.24, 2.45) is 5.41 Å². The third-order valence-corrected chi connectivity index (χ3v) is 2.88. The van der Waals surface area contributed by atoms with Crippen molar-refractivity contribution in [3.8, 4) is 6.07 Å². The molecule has 0 aromatic heterocycles. The zero-order valence-electron chi connectivity index (χ0n) is 10.9. The van der Waals surface area contributed by atoms with Crippen LogP contribution in [0.2, 0.25) is 0 Å². The lowest BCUT2D eigenvalue weighted by Crippen LogP contribution is -2.15. The van der Waals surface area contributed by atoms with E-state index in [4.69, 9.17) is 5.26 Å². The lowest BCUT2D eigenvalue weighted by molar-refractivity contribution is 0.422. The number of nitriles is 1. The molecule has 0 atom stereocenters. The van der Waals surface area contributed by atoms with Gasteiger partial charge in [0.2, 0.25) is 0 Å². The lowest BCUT2D eigenvalue weighted by Gasteiger charge is -2.14. The van der Waals surface area contributed by atoms with Crippen LogP contribution in [0.1, 0.15) is 38.7 Å². The van der Waals surface area contributed by atoms with E-state index in [1.807, 2.05) is 19.9 Å². The first-order chi connectivity index (χ1) is 8.14. The Balaban J connectivity index is 2.04. The van der Waals surface area contributed by atoms with Gasteiger partial charge in [-0.3, -0.25) is 0 Å². The molecule has 1 rings (SSSR count). The summed E-state index contributed by atoms with van der Waals surface area (Å²) in [6.45, 7) is 5.97. The Kier molecular flexibility index (Phi) is 5.72. The SMILES string of the molecule is CC(C)(C#N)CCCCNCc1ccccc1. The van der Waals surface area contributed by atoms with E-state index in [2.05, 4.69) is 35.7 Å². The van der Waals surface area contributed by atoms with Crippen LogP contribution in [0, 0.1) is 16.7 Å². The molecule has 0 saturated carbocycles. The van der Waals surface area contributed by atoms with Crippen molar-refractivity contribution in [2.45, 2.75) is 39.7 Å². The Morgan fingerprint density at radius 1 is 1.18 bits per heavy atom. The highest BCUT2D eigenvalue weighted by molar-refractivity contribution is 5.14. The molecule has 0 saturated heterocycles. The zero-order valence-corrected chi connectivity index (χ0v) is 10.9. The quantitative estimate of drug-likeness (QED) is 0.728. The highest BCUT2D eigenvalue weighted by Gasteiger charge is 2.14. The van der Waals surface area contributed by atoms with Gasteiger partial charge in [-0.15, -0.1) is 0 Å². The van der Waals surface area contributed by atoms with Gasteiger partial charge < -0.3 is 5.32 Å². The first-order valence-corrected chi connectivity index (χ1v) is 6.30. The summed E-state index contributed by atoms with van der Waals surface area (Å²) < 4.78 is 0. The average Bonchev–Trinajstić information content (AvgIpc) is 2.35. The minimum atomic E-state index is -0.167. The molecule has 1 aromatic carbocycles. The van der Waals surface area contributed by atoms with Crippen molar-refractivity contribution in [1.29, 1.82) is 5.26 Å². The van der Waals surface area contributed by atoms with Crippen molar-refractivity contribution in [1.82, 2.24) is 5.32 Å². The molecule has 0 fully saturated rings. The molecule has 0 aliphatic rings. The number of nitrogens with one attached hydrogen (secondary N) is 1. The molecule has 92 valence electrons. The van der Waals surface area contributed by atoms with Gasteiger partial charge in [0.25, 0.3) is 0 Å². The molecule has 17 heavy (non-hydrogen) atoms. The second kappa shape index (κ2) is 7.09. The van der Waals surface area contributed by atoms with E-state index in [-0.39, 0.29) is 5.41 Å². The minimum Gasteiger partial charge on any atom is -0.313 e. The number of benzene rings is 1. The van der Waals surface area contributed by atoms with Gasteiger partial charge in [0, 0.05) is 6.54 Å². The predicted molar refractivity (Wildman–Crippen MR) is 71.4 cm³/mol. The third-order valence-electron chi connectivity index (χ3n) is 2.88. The van der Waals surface area contributed by atoms with Crippen LogP contribution < -0.4 is 5.32 Å². The van der Waals surface area contributed by atoms with Crippen molar-refractivity contribution in [3.05, 3.63) is 35.9 Å². The van der Waals surface area contributed by atoms with Gasteiger partial charge in [-0.2, -0.15) is 5.26 Å². The van der Waals surface area contributed by atoms with Crippen LogP contribution in [0.4, 0.5) is 0 Å². The highest BCUT2D eigenvalue weighted by atomic mass is 14.8. The fourth-order valence-electron chi connectivity index (χ4n) is 1.70.